The standard InChI is InChI=1S/C9H16N4/c1-12-9(6-8(7-10)11-12)13-4-2-3-5-13/h6H,2-5,7,10H2,1H3. The maximum absolute atomic E-state index is 5.54. The van der Waals surface area contributed by atoms with Crippen molar-refractivity contribution in [3.63, 3.8) is 0 Å². The van der Waals surface area contributed by atoms with Gasteiger partial charge < -0.3 is 10.6 Å². The Labute approximate surface area is 78.3 Å². The first-order chi connectivity index (χ1) is 6.31. The van der Waals surface area contributed by atoms with Crippen LogP contribution < -0.4 is 10.6 Å². The lowest BCUT2D eigenvalue weighted by Crippen LogP contribution is -2.20. The molecule has 1 saturated heterocycles. The van der Waals surface area contributed by atoms with E-state index in [1.165, 1.54) is 18.7 Å². The molecule has 0 saturated carbocycles. The van der Waals surface area contributed by atoms with E-state index in [-0.39, 0.29) is 0 Å². The lowest BCUT2D eigenvalue weighted by Gasteiger charge is -2.16. The van der Waals surface area contributed by atoms with Crippen LogP contribution >= 0.6 is 0 Å². The molecule has 72 valence electrons. The second-order valence-electron chi connectivity index (χ2n) is 3.52. The number of hydrogen-bond donors (Lipinski definition) is 1. The van der Waals surface area contributed by atoms with Crippen LogP contribution in [-0.2, 0) is 13.6 Å². The van der Waals surface area contributed by atoms with Gasteiger partial charge in [-0.1, -0.05) is 0 Å². The molecule has 0 spiro atoms. The molecule has 2 rings (SSSR count). The van der Waals surface area contributed by atoms with Crippen molar-refractivity contribution in [2.75, 3.05) is 18.0 Å². The van der Waals surface area contributed by atoms with E-state index in [9.17, 15) is 0 Å². The van der Waals surface area contributed by atoms with Crippen molar-refractivity contribution in [2.24, 2.45) is 12.8 Å². The van der Waals surface area contributed by atoms with Crippen molar-refractivity contribution in [3.8, 4) is 0 Å². The van der Waals surface area contributed by atoms with Crippen LogP contribution in [0.2, 0.25) is 0 Å². The van der Waals surface area contributed by atoms with E-state index in [0.717, 1.165) is 18.8 Å². The molecule has 1 aliphatic heterocycles. The van der Waals surface area contributed by atoms with Crippen molar-refractivity contribution in [3.05, 3.63) is 11.8 Å². The van der Waals surface area contributed by atoms with Crippen LogP contribution in [0.25, 0.3) is 0 Å². The number of hydrogen-bond acceptors (Lipinski definition) is 3. The van der Waals surface area contributed by atoms with Gasteiger partial charge in [0.25, 0.3) is 0 Å². The molecule has 1 aliphatic rings. The SMILES string of the molecule is Cn1nc(CN)cc1N1CCCC1. The van der Waals surface area contributed by atoms with Crippen molar-refractivity contribution in [1.29, 1.82) is 0 Å². The molecule has 0 unspecified atom stereocenters. The van der Waals surface area contributed by atoms with Gasteiger partial charge in [-0.15, -0.1) is 0 Å². The molecule has 1 aromatic heterocycles. The Hall–Kier alpha value is -1.03. The monoisotopic (exact) mass is 180 g/mol. The first-order valence-corrected chi connectivity index (χ1v) is 4.79. The fourth-order valence-corrected chi connectivity index (χ4v) is 1.86. The molecule has 0 aromatic carbocycles. The average Bonchev–Trinajstić information content (AvgIpc) is 2.72. The summed E-state index contributed by atoms with van der Waals surface area (Å²) < 4.78 is 1.92. The maximum atomic E-state index is 5.54. The summed E-state index contributed by atoms with van der Waals surface area (Å²) in [5.74, 6) is 1.21. The Kier molecular flexibility index (Phi) is 2.22. The quantitative estimate of drug-likeness (QED) is 0.720. The highest BCUT2D eigenvalue weighted by Gasteiger charge is 2.16. The van der Waals surface area contributed by atoms with E-state index in [2.05, 4.69) is 16.1 Å². The van der Waals surface area contributed by atoms with Crippen molar-refractivity contribution in [1.82, 2.24) is 9.78 Å². The van der Waals surface area contributed by atoms with Crippen LogP contribution in [0.1, 0.15) is 18.5 Å². The van der Waals surface area contributed by atoms with Gasteiger partial charge in [-0.2, -0.15) is 5.10 Å². The summed E-state index contributed by atoms with van der Waals surface area (Å²) in [6, 6.07) is 2.09. The van der Waals surface area contributed by atoms with Crippen LogP contribution in [0.4, 0.5) is 5.82 Å². The fourth-order valence-electron chi connectivity index (χ4n) is 1.86. The van der Waals surface area contributed by atoms with Gasteiger partial charge in [-0.05, 0) is 12.8 Å². The van der Waals surface area contributed by atoms with Gasteiger partial charge >= 0.3 is 0 Å². The molecule has 4 nitrogen and oxygen atoms in total. The fraction of sp³-hybridized carbons (Fsp3) is 0.667. The van der Waals surface area contributed by atoms with Crippen LogP contribution in [0.15, 0.2) is 6.07 Å². The number of nitrogens with zero attached hydrogens (tertiary/aromatic N) is 3. The second-order valence-corrected chi connectivity index (χ2v) is 3.52. The molecule has 13 heavy (non-hydrogen) atoms. The summed E-state index contributed by atoms with van der Waals surface area (Å²) in [5, 5.41) is 4.32. The number of anilines is 1. The summed E-state index contributed by atoms with van der Waals surface area (Å²) >= 11 is 0. The minimum Gasteiger partial charge on any atom is -0.357 e. The zero-order chi connectivity index (χ0) is 9.26. The summed E-state index contributed by atoms with van der Waals surface area (Å²) in [7, 11) is 1.98. The number of aryl methyl sites for hydroxylation is 1. The summed E-state index contributed by atoms with van der Waals surface area (Å²) in [5.41, 5.74) is 6.51. The van der Waals surface area contributed by atoms with E-state index in [0.29, 0.717) is 6.54 Å². The van der Waals surface area contributed by atoms with Crippen LogP contribution in [0.3, 0.4) is 0 Å². The molecule has 0 radical (unpaired) electrons. The molecule has 2 N–H and O–H groups in total. The minimum absolute atomic E-state index is 0.529. The molecular weight excluding hydrogens is 164 g/mol. The predicted molar refractivity (Wildman–Crippen MR) is 52.5 cm³/mol. The highest BCUT2D eigenvalue weighted by molar-refractivity contribution is 5.41. The largest absolute Gasteiger partial charge is 0.357 e. The minimum atomic E-state index is 0.529. The Morgan fingerprint density at radius 2 is 2.15 bits per heavy atom. The van der Waals surface area contributed by atoms with E-state index < -0.39 is 0 Å². The number of rotatable bonds is 2. The molecule has 2 heterocycles. The first-order valence-electron chi connectivity index (χ1n) is 4.79. The van der Waals surface area contributed by atoms with Crippen molar-refractivity contribution < 1.29 is 0 Å². The van der Waals surface area contributed by atoms with Crippen molar-refractivity contribution in [2.45, 2.75) is 19.4 Å². The lowest BCUT2D eigenvalue weighted by atomic mass is 10.4. The zero-order valence-corrected chi connectivity index (χ0v) is 8.03. The van der Waals surface area contributed by atoms with Crippen LogP contribution in [0.5, 0.6) is 0 Å². The molecule has 0 amide bonds. The van der Waals surface area contributed by atoms with E-state index in [1.54, 1.807) is 0 Å². The number of aromatic nitrogens is 2. The Bertz CT molecular complexity index is 286. The second kappa shape index (κ2) is 3.38. The van der Waals surface area contributed by atoms with Gasteiger partial charge in [0, 0.05) is 32.7 Å². The summed E-state index contributed by atoms with van der Waals surface area (Å²) in [6.07, 6.45) is 2.59. The smallest absolute Gasteiger partial charge is 0.126 e. The molecule has 0 bridgehead atoms. The first kappa shape index (κ1) is 8.56. The molecule has 0 aliphatic carbocycles. The van der Waals surface area contributed by atoms with E-state index in [4.69, 9.17) is 5.73 Å². The van der Waals surface area contributed by atoms with Gasteiger partial charge in [-0.25, -0.2) is 0 Å². The Morgan fingerprint density at radius 3 is 2.69 bits per heavy atom. The van der Waals surface area contributed by atoms with Crippen molar-refractivity contribution >= 4 is 5.82 Å². The zero-order valence-electron chi connectivity index (χ0n) is 8.03. The third kappa shape index (κ3) is 1.54. The lowest BCUT2D eigenvalue weighted by molar-refractivity contribution is 0.722. The molecular formula is C9H16N4. The topological polar surface area (TPSA) is 47.1 Å². The third-order valence-corrected chi connectivity index (χ3v) is 2.54. The van der Waals surface area contributed by atoms with Crippen LogP contribution in [0, 0.1) is 0 Å². The summed E-state index contributed by atoms with van der Waals surface area (Å²) in [6.45, 7) is 2.84. The predicted octanol–water partition coefficient (Wildman–Crippen LogP) is 0.479. The molecule has 1 fully saturated rings. The highest BCUT2D eigenvalue weighted by atomic mass is 15.4. The summed E-state index contributed by atoms with van der Waals surface area (Å²) in [4.78, 5) is 2.37. The van der Waals surface area contributed by atoms with E-state index in [1.807, 2.05) is 11.7 Å². The van der Waals surface area contributed by atoms with Gasteiger partial charge in [0.15, 0.2) is 0 Å². The molecule has 0 atom stereocenters. The third-order valence-electron chi connectivity index (χ3n) is 2.54. The highest BCUT2D eigenvalue weighted by Crippen LogP contribution is 2.20. The molecule has 1 aromatic rings. The van der Waals surface area contributed by atoms with Gasteiger partial charge in [-0.3, -0.25) is 4.68 Å². The average molecular weight is 180 g/mol. The van der Waals surface area contributed by atoms with Crippen LogP contribution in [-0.4, -0.2) is 22.9 Å². The normalized spacial score (nSPS) is 16.9. The van der Waals surface area contributed by atoms with Gasteiger partial charge in [0.1, 0.15) is 5.82 Å². The van der Waals surface area contributed by atoms with E-state index >= 15 is 0 Å². The maximum Gasteiger partial charge on any atom is 0.126 e. The number of nitrogens with two attached hydrogens (primary N) is 1. The Balaban J connectivity index is 2.22. The van der Waals surface area contributed by atoms with Gasteiger partial charge in [0.2, 0.25) is 0 Å². The Morgan fingerprint density at radius 1 is 1.46 bits per heavy atom. The molecule has 4 heteroatoms. The van der Waals surface area contributed by atoms with Gasteiger partial charge in [0.05, 0.1) is 5.69 Å².